The maximum Gasteiger partial charge on any atom is 0.409 e. The Hall–Kier alpha value is -1.02. The average molecular weight is 298 g/mol. The minimum Gasteiger partial charge on any atom is -0.453 e. The molecule has 5 nitrogen and oxygen atoms in total. The summed E-state index contributed by atoms with van der Waals surface area (Å²) in [6.07, 6.45) is -2.99. The number of piperidine rings is 1. The van der Waals surface area contributed by atoms with Gasteiger partial charge in [0.05, 0.1) is 13.7 Å². The number of rotatable bonds is 5. The van der Waals surface area contributed by atoms with Gasteiger partial charge in [-0.25, -0.2) is 4.79 Å². The number of aliphatic hydroxyl groups excluding tert-OH is 1. The van der Waals surface area contributed by atoms with Crippen LogP contribution in [0.5, 0.6) is 0 Å². The van der Waals surface area contributed by atoms with Crippen molar-refractivity contribution in [2.24, 2.45) is 5.92 Å². The molecule has 1 amide bonds. The molecular formula is C12H21F3N2O3. The van der Waals surface area contributed by atoms with Crippen molar-refractivity contribution in [2.45, 2.75) is 31.5 Å². The van der Waals surface area contributed by atoms with Gasteiger partial charge in [0, 0.05) is 25.7 Å². The van der Waals surface area contributed by atoms with E-state index in [2.05, 4.69) is 10.1 Å². The number of alkyl halides is 3. The second-order valence-corrected chi connectivity index (χ2v) is 5.04. The van der Waals surface area contributed by atoms with Crippen LogP contribution < -0.4 is 5.32 Å². The van der Waals surface area contributed by atoms with Crippen molar-refractivity contribution in [2.75, 3.05) is 33.4 Å². The monoisotopic (exact) mass is 298 g/mol. The molecule has 0 aromatic heterocycles. The standard InChI is InChI=1S/C12H21F3N2O3/c1-20-11(19)17-6-9(3-2-4-18)5-10(7-17)16-8-12(13,14)15/h9-10,16,18H,2-8H2,1H3. The highest BCUT2D eigenvalue weighted by atomic mass is 19.4. The number of hydrogen-bond donors (Lipinski definition) is 2. The van der Waals surface area contributed by atoms with Gasteiger partial charge in [-0.2, -0.15) is 13.2 Å². The van der Waals surface area contributed by atoms with Crippen LogP contribution in [0.15, 0.2) is 0 Å². The Labute approximate surface area is 116 Å². The van der Waals surface area contributed by atoms with E-state index in [0.29, 0.717) is 25.8 Å². The van der Waals surface area contributed by atoms with Crippen molar-refractivity contribution >= 4 is 6.09 Å². The maximum absolute atomic E-state index is 12.2. The number of nitrogens with one attached hydrogen (secondary N) is 1. The minimum atomic E-state index is -4.27. The van der Waals surface area contributed by atoms with Gasteiger partial charge in [0.2, 0.25) is 0 Å². The predicted molar refractivity (Wildman–Crippen MR) is 66.3 cm³/mol. The van der Waals surface area contributed by atoms with Crippen LogP contribution in [0.3, 0.4) is 0 Å². The Balaban J connectivity index is 2.57. The zero-order valence-electron chi connectivity index (χ0n) is 11.4. The van der Waals surface area contributed by atoms with Crippen molar-refractivity contribution in [1.82, 2.24) is 10.2 Å². The van der Waals surface area contributed by atoms with Gasteiger partial charge in [-0.05, 0) is 25.2 Å². The summed E-state index contributed by atoms with van der Waals surface area (Å²) in [6.45, 7) is -0.371. The molecule has 1 fully saturated rings. The maximum atomic E-state index is 12.2. The van der Waals surface area contributed by atoms with Gasteiger partial charge in [0.15, 0.2) is 0 Å². The molecule has 1 aliphatic heterocycles. The molecule has 118 valence electrons. The van der Waals surface area contributed by atoms with Gasteiger partial charge >= 0.3 is 12.3 Å². The summed E-state index contributed by atoms with van der Waals surface area (Å²) in [5, 5.41) is 11.3. The van der Waals surface area contributed by atoms with Crippen LogP contribution in [0.25, 0.3) is 0 Å². The predicted octanol–water partition coefficient (Wildman–Crippen LogP) is 1.37. The van der Waals surface area contributed by atoms with Crippen molar-refractivity contribution in [3.05, 3.63) is 0 Å². The lowest BCUT2D eigenvalue weighted by atomic mass is 9.90. The summed E-state index contributed by atoms with van der Waals surface area (Å²) in [5.41, 5.74) is 0. The van der Waals surface area contributed by atoms with Crippen LogP contribution in [-0.4, -0.2) is 61.7 Å². The number of nitrogens with zero attached hydrogens (tertiary/aromatic N) is 1. The van der Waals surface area contributed by atoms with Gasteiger partial charge < -0.3 is 20.1 Å². The second kappa shape index (κ2) is 7.68. The molecule has 0 saturated carbocycles. The van der Waals surface area contributed by atoms with E-state index in [0.717, 1.165) is 0 Å². The highest BCUT2D eigenvalue weighted by Crippen LogP contribution is 2.23. The Morgan fingerprint density at radius 3 is 2.70 bits per heavy atom. The van der Waals surface area contributed by atoms with Crippen LogP contribution in [0.4, 0.5) is 18.0 Å². The van der Waals surface area contributed by atoms with Crippen LogP contribution in [0.1, 0.15) is 19.3 Å². The first-order valence-corrected chi connectivity index (χ1v) is 6.59. The third-order valence-corrected chi connectivity index (χ3v) is 3.33. The van der Waals surface area contributed by atoms with Gasteiger partial charge in [0.25, 0.3) is 0 Å². The fourth-order valence-electron chi connectivity index (χ4n) is 2.48. The molecule has 2 atom stereocenters. The fourth-order valence-corrected chi connectivity index (χ4v) is 2.48. The highest BCUT2D eigenvalue weighted by molar-refractivity contribution is 5.67. The smallest absolute Gasteiger partial charge is 0.409 e. The number of halogens is 3. The lowest BCUT2D eigenvalue weighted by Gasteiger charge is -2.37. The molecule has 0 aromatic rings. The van der Waals surface area contributed by atoms with Gasteiger partial charge in [-0.15, -0.1) is 0 Å². The van der Waals surface area contributed by atoms with Crippen molar-refractivity contribution in [3.8, 4) is 0 Å². The first-order valence-electron chi connectivity index (χ1n) is 6.59. The van der Waals surface area contributed by atoms with E-state index >= 15 is 0 Å². The number of carbonyl (C=O) groups is 1. The van der Waals surface area contributed by atoms with E-state index < -0.39 is 24.9 Å². The fraction of sp³-hybridized carbons (Fsp3) is 0.917. The summed E-state index contributed by atoms with van der Waals surface area (Å²) < 4.78 is 41.3. The number of aliphatic hydroxyl groups is 1. The molecule has 1 saturated heterocycles. The number of likely N-dealkylation sites (tertiary alicyclic amines) is 1. The van der Waals surface area contributed by atoms with Crippen molar-refractivity contribution < 1.29 is 27.8 Å². The Kier molecular flexibility index (Phi) is 6.54. The molecule has 1 heterocycles. The second-order valence-electron chi connectivity index (χ2n) is 5.04. The number of ether oxygens (including phenoxy) is 1. The van der Waals surface area contributed by atoms with Crippen LogP contribution in [-0.2, 0) is 4.74 Å². The zero-order chi connectivity index (χ0) is 15.2. The van der Waals surface area contributed by atoms with Crippen LogP contribution in [0, 0.1) is 5.92 Å². The first kappa shape index (κ1) is 17.0. The molecule has 1 aliphatic rings. The minimum absolute atomic E-state index is 0.0371. The van der Waals surface area contributed by atoms with Gasteiger partial charge in [-0.3, -0.25) is 0 Å². The molecule has 0 spiro atoms. The summed E-state index contributed by atoms with van der Waals surface area (Å²) in [7, 11) is 1.25. The number of methoxy groups -OCH3 is 1. The molecule has 2 N–H and O–H groups in total. The van der Waals surface area contributed by atoms with E-state index in [1.807, 2.05) is 0 Å². The quantitative estimate of drug-likeness (QED) is 0.805. The van der Waals surface area contributed by atoms with E-state index in [1.165, 1.54) is 12.0 Å². The summed E-state index contributed by atoms with van der Waals surface area (Å²) in [6, 6.07) is -0.409. The molecule has 0 aromatic carbocycles. The topological polar surface area (TPSA) is 61.8 Å². The molecule has 2 unspecified atom stereocenters. The third kappa shape index (κ3) is 5.96. The van der Waals surface area contributed by atoms with E-state index in [1.54, 1.807) is 0 Å². The van der Waals surface area contributed by atoms with Crippen LogP contribution >= 0.6 is 0 Å². The highest BCUT2D eigenvalue weighted by Gasteiger charge is 2.33. The number of hydrogen-bond acceptors (Lipinski definition) is 4. The molecule has 0 aliphatic carbocycles. The van der Waals surface area contributed by atoms with Crippen molar-refractivity contribution in [3.63, 3.8) is 0 Å². The normalized spacial score (nSPS) is 23.8. The third-order valence-electron chi connectivity index (χ3n) is 3.33. The summed E-state index contributed by atoms with van der Waals surface area (Å²) >= 11 is 0. The first-order chi connectivity index (χ1) is 9.35. The lowest BCUT2D eigenvalue weighted by Crippen LogP contribution is -2.52. The molecule has 8 heteroatoms. The Bertz CT molecular complexity index is 313. The van der Waals surface area contributed by atoms with E-state index in [-0.39, 0.29) is 19.1 Å². The molecule has 0 bridgehead atoms. The molecule has 20 heavy (non-hydrogen) atoms. The largest absolute Gasteiger partial charge is 0.453 e. The van der Waals surface area contributed by atoms with E-state index in [9.17, 15) is 18.0 Å². The SMILES string of the molecule is COC(=O)N1CC(CCCO)CC(NCC(F)(F)F)C1. The Morgan fingerprint density at radius 2 is 2.15 bits per heavy atom. The summed E-state index contributed by atoms with van der Waals surface area (Å²) in [5.74, 6) is 0.0701. The van der Waals surface area contributed by atoms with Gasteiger partial charge in [0.1, 0.15) is 0 Å². The molecular weight excluding hydrogens is 277 g/mol. The van der Waals surface area contributed by atoms with Crippen molar-refractivity contribution in [1.29, 1.82) is 0 Å². The zero-order valence-corrected chi connectivity index (χ0v) is 11.4. The average Bonchev–Trinajstić information content (AvgIpc) is 2.41. The van der Waals surface area contributed by atoms with Gasteiger partial charge in [-0.1, -0.05) is 0 Å². The number of amides is 1. The van der Waals surface area contributed by atoms with Crippen LogP contribution in [0.2, 0.25) is 0 Å². The molecule has 0 radical (unpaired) electrons. The molecule has 1 rings (SSSR count). The number of carbonyl (C=O) groups excluding carboxylic acids is 1. The van der Waals surface area contributed by atoms with E-state index in [4.69, 9.17) is 5.11 Å². The Morgan fingerprint density at radius 1 is 1.45 bits per heavy atom. The lowest BCUT2D eigenvalue weighted by molar-refractivity contribution is -0.127. The summed E-state index contributed by atoms with van der Waals surface area (Å²) in [4.78, 5) is 13.0.